The molecule has 3 heterocycles. The second kappa shape index (κ2) is 1.39. The molecule has 0 aliphatic carbocycles. The maximum atomic E-state index is 3.36. The van der Waals surface area contributed by atoms with Crippen molar-refractivity contribution in [2.24, 2.45) is 0 Å². The minimum atomic E-state index is 0.985. The third-order valence-electron chi connectivity index (χ3n) is 1.65. The molecule has 3 aliphatic heterocycles. The van der Waals surface area contributed by atoms with Crippen LogP contribution in [0.1, 0.15) is 6.42 Å². The van der Waals surface area contributed by atoms with Crippen LogP contribution in [-0.2, 0) is 0 Å². The van der Waals surface area contributed by atoms with Gasteiger partial charge in [-0.2, -0.15) is 11.8 Å². The normalized spacial score (nSPS) is 48.0. The van der Waals surface area contributed by atoms with Crippen molar-refractivity contribution >= 4 is 11.8 Å². The third-order valence-corrected chi connectivity index (χ3v) is 3.14. The van der Waals surface area contributed by atoms with E-state index in [9.17, 15) is 0 Å². The van der Waals surface area contributed by atoms with E-state index in [0.717, 1.165) is 10.5 Å². The van der Waals surface area contributed by atoms with Crippen LogP contribution in [0.25, 0.3) is 0 Å². The lowest BCUT2D eigenvalue weighted by Gasteiger charge is -2.40. The summed E-state index contributed by atoms with van der Waals surface area (Å²) in [5.41, 5.74) is 0. The Morgan fingerprint density at radius 1 is 1.29 bits per heavy atom. The molecule has 3 rings (SSSR count). The van der Waals surface area contributed by atoms with E-state index in [1.807, 2.05) is 0 Å². The van der Waals surface area contributed by atoms with Crippen LogP contribution in [-0.4, -0.2) is 23.6 Å². The van der Waals surface area contributed by atoms with Gasteiger partial charge in [-0.25, -0.2) is 0 Å². The molecule has 2 unspecified atom stereocenters. The average Bonchev–Trinajstić information content (AvgIpc) is 1.67. The highest BCUT2D eigenvalue weighted by Gasteiger charge is 2.32. The van der Waals surface area contributed by atoms with Gasteiger partial charge in [-0.3, -0.25) is 0 Å². The van der Waals surface area contributed by atoms with E-state index in [1.54, 1.807) is 0 Å². The lowest BCUT2D eigenvalue weighted by Crippen LogP contribution is -2.48. The first-order valence-corrected chi connectivity index (χ1v) is 3.75. The summed E-state index contributed by atoms with van der Waals surface area (Å²) in [5.74, 6) is 0. The van der Waals surface area contributed by atoms with Crippen molar-refractivity contribution in [2.45, 2.75) is 16.9 Å². The van der Waals surface area contributed by atoms with Crippen LogP contribution in [0.15, 0.2) is 0 Å². The van der Waals surface area contributed by atoms with Crippen molar-refractivity contribution in [3.63, 3.8) is 0 Å². The summed E-state index contributed by atoms with van der Waals surface area (Å²) in [6, 6.07) is 0. The van der Waals surface area contributed by atoms with Crippen molar-refractivity contribution in [3.8, 4) is 0 Å². The lowest BCUT2D eigenvalue weighted by atomic mass is 10.1. The molecule has 0 saturated carbocycles. The van der Waals surface area contributed by atoms with Gasteiger partial charge in [0.15, 0.2) is 0 Å². The molecule has 0 radical (unpaired) electrons. The molecule has 0 spiro atoms. The van der Waals surface area contributed by atoms with E-state index in [2.05, 4.69) is 17.1 Å². The van der Waals surface area contributed by atoms with Gasteiger partial charge in [0.05, 0.1) is 0 Å². The summed E-state index contributed by atoms with van der Waals surface area (Å²) in [5, 5.41) is 5.33. The van der Waals surface area contributed by atoms with Gasteiger partial charge in [0.1, 0.15) is 0 Å². The van der Waals surface area contributed by atoms with Crippen molar-refractivity contribution in [3.05, 3.63) is 0 Å². The molecule has 0 aromatic rings. The number of nitrogens with one attached hydrogen (secondary N) is 1. The van der Waals surface area contributed by atoms with Crippen LogP contribution in [0.5, 0.6) is 0 Å². The topological polar surface area (TPSA) is 12.0 Å². The van der Waals surface area contributed by atoms with Crippen LogP contribution in [0.3, 0.4) is 0 Å². The Morgan fingerprint density at radius 3 is 2.00 bits per heavy atom. The molecule has 1 nitrogen and oxygen atoms in total. The second-order valence-electron chi connectivity index (χ2n) is 2.27. The van der Waals surface area contributed by atoms with Crippen LogP contribution in [0.2, 0.25) is 0 Å². The molecule has 2 heteroatoms. The van der Waals surface area contributed by atoms with E-state index in [1.165, 1.54) is 19.5 Å². The van der Waals surface area contributed by atoms with E-state index < -0.39 is 0 Å². The van der Waals surface area contributed by atoms with Gasteiger partial charge < -0.3 is 5.32 Å². The summed E-state index contributed by atoms with van der Waals surface area (Å²) in [6.45, 7) is 2.53. The molecule has 3 aliphatic rings. The Bertz CT molecular complexity index is 64.6. The summed E-state index contributed by atoms with van der Waals surface area (Å²) in [6.07, 6.45) is 1.48. The molecular weight excluding hydrogens is 106 g/mol. The van der Waals surface area contributed by atoms with Crippen LogP contribution in [0, 0.1) is 0 Å². The second-order valence-corrected chi connectivity index (χ2v) is 3.88. The van der Waals surface area contributed by atoms with Crippen molar-refractivity contribution in [1.29, 1.82) is 0 Å². The number of hydrogen-bond donors (Lipinski definition) is 1. The van der Waals surface area contributed by atoms with Gasteiger partial charge in [0.2, 0.25) is 0 Å². The highest BCUT2D eigenvalue weighted by Crippen LogP contribution is 2.37. The molecule has 3 fully saturated rings. The molecule has 40 valence electrons. The van der Waals surface area contributed by atoms with Crippen LogP contribution >= 0.6 is 11.8 Å². The summed E-state index contributed by atoms with van der Waals surface area (Å²) >= 11 is 2.15. The zero-order valence-corrected chi connectivity index (χ0v) is 5.00. The van der Waals surface area contributed by atoms with Crippen LogP contribution in [0.4, 0.5) is 0 Å². The third kappa shape index (κ3) is 0.572. The minimum Gasteiger partial charge on any atom is -0.315 e. The van der Waals surface area contributed by atoms with E-state index in [-0.39, 0.29) is 0 Å². The Labute approximate surface area is 47.9 Å². The number of piperidine rings is 1. The Balaban J connectivity index is 1.99. The standard InChI is InChI=1S/C5H9NS/c1-4-2-6-3-5(1)7-4/h4-6H,1-3H2. The fourth-order valence-corrected chi connectivity index (χ4v) is 2.52. The fourth-order valence-electron chi connectivity index (χ4n) is 1.22. The molecule has 3 saturated heterocycles. The summed E-state index contributed by atoms with van der Waals surface area (Å²) in [4.78, 5) is 0. The van der Waals surface area contributed by atoms with Gasteiger partial charge in [-0.05, 0) is 6.42 Å². The quantitative estimate of drug-likeness (QED) is 0.492. The Hall–Kier alpha value is 0.310. The summed E-state index contributed by atoms with van der Waals surface area (Å²) in [7, 11) is 0. The van der Waals surface area contributed by atoms with Gasteiger partial charge in [0, 0.05) is 23.6 Å². The first kappa shape index (κ1) is 4.21. The zero-order chi connectivity index (χ0) is 4.69. The van der Waals surface area contributed by atoms with E-state index in [0.29, 0.717) is 0 Å². The average molecular weight is 115 g/mol. The highest BCUT2D eigenvalue weighted by atomic mass is 32.2. The van der Waals surface area contributed by atoms with Crippen molar-refractivity contribution in [2.75, 3.05) is 13.1 Å². The van der Waals surface area contributed by atoms with E-state index >= 15 is 0 Å². The number of fused-ring (bicyclic) bond motifs is 2. The van der Waals surface area contributed by atoms with Gasteiger partial charge in [-0.1, -0.05) is 0 Å². The molecular formula is C5H9NS. The molecule has 0 aromatic heterocycles. The van der Waals surface area contributed by atoms with Gasteiger partial charge >= 0.3 is 0 Å². The molecule has 0 amide bonds. The van der Waals surface area contributed by atoms with Crippen molar-refractivity contribution < 1.29 is 0 Å². The SMILES string of the molecule is C1NCC2CC1S2. The molecule has 1 N–H and O–H groups in total. The van der Waals surface area contributed by atoms with Crippen LogP contribution < -0.4 is 5.32 Å². The maximum absolute atomic E-state index is 3.36. The smallest absolute Gasteiger partial charge is 0.0186 e. The summed E-state index contributed by atoms with van der Waals surface area (Å²) < 4.78 is 0. The van der Waals surface area contributed by atoms with Crippen molar-refractivity contribution in [1.82, 2.24) is 5.32 Å². The fraction of sp³-hybridized carbons (Fsp3) is 1.00. The Kier molecular flexibility index (Phi) is 0.837. The highest BCUT2D eigenvalue weighted by molar-refractivity contribution is 8.02. The first-order chi connectivity index (χ1) is 3.45. The van der Waals surface area contributed by atoms with Gasteiger partial charge in [0.25, 0.3) is 0 Å². The molecule has 0 aromatic carbocycles. The number of rotatable bonds is 0. The largest absolute Gasteiger partial charge is 0.315 e. The monoisotopic (exact) mass is 115 g/mol. The predicted molar refractivity (Wildman–Crippen MR) is 32.7 cm³/mol. The number of thioether (sulfide) groups is 1. The zero-order valence-electron chi connectivity index (χ0n) is 4.18. The predicted octanol–water partition coefficient (Wildman–Crippen LogP) is 0.464. The molecule has 2 bridgehead atoms. The first-order valence-electron chi connectivity index (χ1n) is 2.81. The molecule has 2 atom stereocenters. The maximum Gasteiger partial charge on any atom is 0.0186 e. The lowest BCUT2D eigenvalue weighted by molar-refractivity contribution is 0.503. The van der Waals surface area contributed by atoms with E-state index in [4.69, 9.17) is 0 Å². The minimum absolute atomic E-state index is 0.985. The number of hydrogen-bond acceptors (Lipinski definition) is 2. The Morgan fingerprint density at radius 2 is 1.86 bits per heavy atom. The molecule has 7 heavy (non-hydrogen) atoms. The van der Waals surface area contributed by atoms with Gasteiger partial charge in [-0.15, -0.1) is 0 Å².